The van der Waals surface area contributed by atoms with Crippen molar-refractivity contribution in [2.24, 2.45) is 5.41 Å². The van der Waals surface area contributed by atoms with Gasteiger partial charge in [0.05, 0.1) is 7.05 Å². The second-order valence-corrected chi connectivity index (χ2v) is 7.67. The van der Waals surface area contributed by atoms with E-state index in [1.807, 2.05) is 0 Å². The summed E-state index contributed by atoms with van der Waals surface area (Å²) in [5, 5.41) is 4.31. The molecule has 2 atom stereocenters. The van der Waals surface area contributed by atoms with Crippen LogP contribution in [0.2, 0.25) is 0 Å². The van der Waals surface area contributed by atoms with Crippen LogP contribution < -0.4 is 15.5 Å². The molecule has 2 aliphatic rings. The summed E-state index contributed by atoms with van der Waals surface area (Å²) in [6, 6.07) is 9.43. The lowest BCUT2D eigenvalue weighted by molar-refractivity contribution is -0.827. The smallest absolute Gasteiger partial charge is 0.129 e. The van der Waals surface area contributed by atoms with Crippen molar-refractivity contribution in [1.29, 1.82) is 0 Å². The summed E-state index contributed by atoms with van der Waals surface area (Å²) in [6.45, 7) is 7.15. The van der Waals surface area contributed by atoms with Crippen molar-refractivity contribution < 1.29 is 4.90 Å². The van der Waals surface area contributed by atoms with Gasteiger partial charge in [-0.05, 0) is 29.9 Å². The fraction of sp³-hybridized carbons (Fsp3) is 0.474. The summed E-state index contributed by atoms with van der Waals surface area (Å²) in [5.41, 5.74) is 4.91. The SMILES string of the molecule is CC1=c2[nH]c3ccccc3c2=C2CCC(C)(C)CC2[NH+]1C. The van der Waals surface area contributed by atoms with Crippen molar-refractivity contribution in [2.45, 2.75) is 46.1 Å². The molecule has 1 aromatic heterocycles. The second kappa shape index (κ2) is 4.23. The van der Waals surface area contributed by atoms with E-state index in [2.05, 4.69) is 57.1 Å². The quantitative estimate of drug-likeness (QED) is 0.731. The van der Waals surface area contributed by atoms with Crippen LogP contribution in [-0.4, -0.2) is 18.1 Å². The fourth-order valence-electron chi connectivity index (χ4n) is 4.35. The molecule has 1 aromatic carbocycles. The van der Waals surface area contributed by atoms with E-state index in [1.54, 1.807) is 10.5 Å². The molecule has 0 spiro atoms. The standard InChI is InChI=1S/C19H24N2/c1-12-18-17(13-7-5-6-8-15(13)20-18)14-9-10-19(2,3)11-16(14)21(12)4/h5-8,16,20H,9-11H2,1-4H3/p+1. The van der Waals surface area contributed by atoms with E-state index in [-0.39, 0.29) is 0 Å². The highest BCUT2D eigenvalue weighted by molar-refractivity contribution is 5.83. The van der Waals surface area contributed by atoms with Crippen LogP contribution >= 0.6 is 0 Å². The maximum absolute atomic E-state index is 3.67. The van der Waals surface area contributed by atoms with Crippen LogP contribution in [0.4, 0.5) is 0 Å². The Hall–Kier alpha value is -1.54. The van der Waals surface area contributed by atoms with Crippen LogP contribution in [0.5, 0.6) is 0 Å². The first-order valence-electron chi connectivity index (χ1n) is 8.12. The lowest BCUT2D eigenvalue weighted by atomic mass is 9.71. The molecule has 1 aliphatic carbocycles. The molecule has 2 N–H and O–H groups in total. The first kappa shape index (κ1) is 13.1. The van der Waals surface area contributed by atoms with Gasteiger partial charge in [0.2, 0.25) is 0 Å². The highest BCUT2D eigenvalue weighted by Gasteiger charge is 2.39. The number of aromatic amines is 1. The van der Waals surface area contributed by atoms with Crippen molar-refractivity contribution in [3.63, 3.8) is 0 Å². The van der Waals surface area contributed by atoms with Crippen LogP contribution in [-0.2, 0) is 0 Å². The van der Waals surface area contributed by atoms with Crippen LogP contribution in [0.15, 0.2) is 24.3 Å². The Morgan fingerprint density at radius 1 is 1.24 bits per heavy atom. The molecular weight excluding hydrogens is 256 g/mol. The highest BCUT2D eigenvalue weighted by atomic mass is 15.2. The van der Waals surface area contributed by atoms with E-state index >= 15 is 0 Å². The monoisotopic (exact) mass is 281 g/mol. The van der Waals surface area contributed by atoms with E-state index < -0.39 is 0 Å². The minimum absolute atomic E-state index is 0.472. The lowest BCUT2D eigenvalue weighted by Crippen LogP contribution is -3.12. The van der Waals surface area contributed by atoms with E-state index in [0.29, 0.717) is 11.5 Å². The van der Waals surface area contributed by atoms with Gasteiger partial charge < -0.3 is 9.88 Å². The first-order valence-corrected chi connectivity index (χ1v) is 8.12. The number of hydrogen-bond donors (Lipinski definition) is 2. The zero-order valence-corrected chi connectivity index (χ0v) is 13.5. The molecule has 110 valence electrons. The van der Waals surface area contributed by atoms with E-state index in [9.17, 15) is 0 Å². The molecule has 1 saturated carbocycles. The zero-order chi connectivity index (χ0) is 14.8. The van der Waals surface area contributed by atoms with Crippen molar-refractivity contribution in [3.8, 4) is 0 Å². The van der Waals surface area contributed by atoms with Gasteiger partial charge in [0.1, 0.15) is 17.1 Å². The third kappa shape index (κ3) is 1.82. The molecule has 4 rings (SSSR count). The van der Waals surface area contributed by atoms with Crippen molar-refractivity contribution in [2.75, 3.05) is 7.05 Å². The highest BCUT2D eigenvalue weighted by Crippen LogP contribution is 2.37. The van der Waals surface area contributed by atoms with Crippen molar-refractivity contribution in [1.82, 2.24) is 4.98 Å². The largest absolute Gasteiger partial charge is 0.350 e. The average molecular weight is 281 g/mol. The number of rotatable bonds is 0. The summed E-state index contributed by atoms with van der Waals surface area (Å²) in [4.78, 5) is 5.25. The lowest BCUT2D eigenvalue weighted by Gasteiger charge is -2.40. The molecule has 2 aromatic rings. The van der Waals surface area contributed by atoms with Crippen LogP contribution in [0.3, 0.4) is 0 Å². The molecule has 0 amide bonds. The van der Waals surface area contributed by atoms with Gasteiger partial charge in [0, 0.05) is 29.5 Å². The van der Waals surface area contributed by atoms with Gasteiger partial charge in [-0.1, -0.05) is 32.0 Å². The van der Waals surface area contributed by atoms with Gasteiger partial charge in [-0.25, -0.2) is 0 Å². The number of aromatic nitrogens is 1. The minimum Gasteiger partial charge on any atom is -0.350 e. The number of hydrogen-bond acceptors (Lipinski definition) is 0. The Morgan fingerprint density at radius 2 is 2.00 bits per heavy atom. The minimum atomic E-state index is 0.472. The predicted molar refractivity (Wildman–Crippen MR) is 88.3 cm³/mol. The Balaban J connectivity index is 2.10. The number of nitrogens with one attached hydrogen (secondary N) is 2. The Bertz CT molecular complexity index is 838. The number of para-hydroxylation sites is 1. The van der Waals surface area contributed by atoms with Gasteiger partial charge in [0.15, 0.2) is 0 Å². The molecular formula is C19H25N2+. The number of benzene rings is 1. The normalized spacial score (nSPS) is 27.6. The first-order chi connectivity index (χ1) is 9.98. The number of H-pyrrole nitrogens is 1. The molecule has 2 heterocycles. The third-order valence-electron chi connectivity index (χ3n) is 5.76. The maximum Gasteiger partial charge on any atom is 0.129 e. The van der Waals surface area contributed by atoms with E-state index in [4.69, 9.17) is 0 Å². The van der Waals surface area contributed by atoms with Crippen LogP contribution in [0, 0.1) is 5.41 Å². The average Bonchev–Trinajstić information content (AvgIpc) is 2.84. The van der Waals surface area contributed by atoms with Crippen LogP contribution in [0.1, 0.15) is 40.0 Å². The summed E-state index contributed by atoms with van der Waals surface area (Å²) in [5.74, 6) is 0. The number of fused-ring (bicyclic) bond motifs is 4. The summed E-state index contributed by atoms with van der Waals surface area (Å²) in [6.07, 6.45) is 3.85. The molecule has 21 heavy (non-hydrogen) atoms. The summed E-state index contributed by atoms with van der Waals surface area (Å²) in [7, 11) is 2.34. The molecule has 2 unspecified atom stereocenters. The van der Waals surface area contributed by atoms with Crippen LogP contribution in [0.25, 0.3) is 22.2 Å². The zero-order valence-electron chi connectivity index (χ0n) is 13.5. The van der Waals surface area contributed by atoms with Gasteiger partial charge in [-0.3, -0.25) is 0 Å². The fourth-order valence-corrected chi connectivity index (χ4v) is 4.35. The Kier molecular flexibility index (Phi) is 2.65. The van der Waals surface area contributed by atoms with Crippen molar-refractivity contribution in [3.05, 3.63) is 34.8 Å². The van der Waals surface area contributed by atoms with Gasteiger partial charge >= 0.3 is 0 Å². The van der Waals surface area contributed by atoms with Crippen molar-refractivity contribution >= 4 is 22.2 Å². The van der Waals surface area contributed by atoms with Gasteiger partial charge in [0.25, 0.3) is 0 Å². The molecule has 0 bridgehead atoms. The molecule has 1 fully saturated rings. The van der Waals surface area contributed by atoms with E-state index in [0.717, 1.165) is 0 Å². The summed E-state index contributed by atoms with van der Waals surface area (Å²) < 4.78 is 0. The Labute approximate surface area is 126 Å². The second-order valence-electron chi connectivity index (χ2n) is 7.67. The van der Waals surface area contributed by atoms with E-state index in [1.165, 1.54) is 46.4 Å². The molecule has 1 aliphatic heterocycles. The topological polar surface area (TPSA) is 20.2 Å². The molecule has 2 heteroatoms. The van der Waals surface area contributed by atoms with Gasteiger partial charge in [-0.2, -0.15) is 0 Å². The molecule has 0 saturated heterocycles. The van der Waals surface area contributed by atoms with Gasteiger partial charge in [-0.15, -0.1) is 0 Å². The predicted octanol–water partition coefficient (Wildman–Crippen LogP) is 1.55. The summed E-state index contributed by atoms with van der Waals surface area (Å²) >= 11 is 0. The number of quaternary nitrogens is 1. The molecule has 2 nitrogen and oxygen atoms in total. The Morgan fingerprint density at radius 3 is 2.81 bits per heavy atom. The third-order valence-corrected chi connectivity index (χ3v) is 5.76. The maximum atomic E-state index is 3.67. The molecule has 0 radical (unpaired) electrons.